The number of rotatable bonds is 10. The van der Waals surface area contributed by atoms with Crippen molar-refractivity contribution in [3.05, 3.63) is 19.0 Å². The standard InChI is InChI=1S/C10H15N6O4P.C10H14N5O4P/c11-7-6-8(15-9(12)14-7)16(4-13-6)3-10(1-2-10)20-5-21(17,18)19;11-8-7-9(13-4-12-8)15(5-14-7)3-10(1-2-10)19-6-20(16,17)18/h4H,1-3,5H2,(H2,17,18,19)(H4,11,12,14,15);4-5H,1-3,6H2,(H2,11,12,13)(H2,16,17,18). The summed E-state index contributed by atoms with van der Waals surface area (Å²) in [6, 6.07) is 0. The molecule has 2 fully saturated rings. The third-order valence-corrected chi connectivity index (χ3v) is 7.48. The first-order chi connectivity index (χ1) is 19.2. The monoisotopic (exact) mass is 613 g/mol. The number of aromatic nitrogens is 8. The van der Waals surface area contributed by atoms with Crippen LogP contribution in [0.5, 0.6) is 0 Å². The van der Waals surface area contributed by atoms with E-state index in [2.05, 4.69) is 29.9 Å². The summed E-state index contributed by atoms with van der Waals surface area (Å²) in [6.07, 6.45) is 6.21. The molecule has 4 heterocycles. The van der Waals surface area contributed by atoms with E-state index >= 15 is 0 Å². The fraction of sp³-hybridized carbons (Fsp3) is 0.500. The lowest BCUT2D eigenvalue weighted by Gasteiger charge is -2.17. The van der Waals surface area contributed by atoms with E-state index in [1.807, 2.05) is 0 Å². The zero-order chi connectivity index (χ0) is 29.6. The van der Waals surface area contributed by atoms with Gasteiger partial charge in [-0.1, -0.05) is 0 Å². The summed E-state index contributed by atoms with van der Waals surface area (Å²) in [7, 11) is -8.35. The lowest BCUT2D eigenvalue weighted by Crippen LogP contribution is -2.22. The van der Waals surface area contributed by atoms with Crippen LogP contribution in [0.15, 0.2) is 19.0 Å². The van der Waals surface area contributed by atoms with Crippen LogP contribution in [0.3, 0.4) is 0 Å². The van der Waals surface area contributed by atoms with Crippen LogP contribution in [0.1, 0.15) is 25.7 Å². The molecule has 0 amide bonds. The lowest BCUT2D eigenvalue weighted by molar-refractivity contribution is 0.0417. The van der Waals surface area contributed by atoms with Crippen molar-refractivity contribution in [3.63, 3.8) is 0 Å². The normalized spacial score (nSPS) is 17.4. The molecule has 2 aliphatic rings. The van der Waals surface area contributed by atoms with Gasteiger partial charge in [0.2, 0.25) is 5.95 Å². The van der Waals surface area contributed by atoms with Gasteiger partial charge in [0.1, 0.15) is 30.1 Å². The second-order valence-corrected chi connectivity index (χ2v) is 13.2. The SMILES string of the molecule is Nc1nc(N)c2ncn(CC3(OCP(=O)(O)O)CC3)c2n1.Nc1ncnc2c1ncn2CC1(OCP(=O)(O)O)CC1. The number of imidazole rings is 2. The molecule has 4 aromatic heterocycles. The molecule has 4 aromatic rings. The van der Waals surface area contributed by atoms with Crippen molar-refractivity contribution in [2.45, 2.75) is 50.0 Å². The minimum absolute atomic E-state index is 0.0442. The van der Waals surface area contributed by atoms with E-state index < -0.39 is 39.1 Å². The van der Waals surface area contributed by atoms with E-state index in [1.165, 1.54) is 12.7 Å². The zero-order valence-electron chi connectivity index (χ0n) is 21.5. The Morgan fingerprint density at radius 2 is 1.22 bits per heavy atom. The molecule has 0 radical (unpaired) electrons. The van der Waals surface area contributed by atoms with Crippen LogP contribution >= 0.6 is 15.2 Å². The summed E-state index contributed by atoms with van der Waals surface area (Å²) in [6.45, 7) is 0.805. The van der Waals surface area contributed by atoms with Crippen LogP contribution in [-0.2, 0) is 31.7 Å². The minimum Gasteiger partial charge on any atom is -0.382 e. The topological polar surface area (TPSA) is 299 Å². The number of hydrogen-bond acceptors (Lipinski definition) is 13. The van der Waals surface area contributed by atoms with Crippen molar-refractivity contribution >= 4 is 55.1 Å². The molecule has 10 N–H and O–H groups in total. The highest BCUT2D eigenvalue weighted by molar-refractivity contribution is 7.51. The Balaban J connectivity index is 0.000000165. The average Bonchev–Trinajstić information content (AvgIpc) is 3.74. The lowest BCUT2D eigenvalue weighted by atomic mass is 10.3. The fourth-order valence-corrected chi connectivity index (χ4v) is 5.04. The molecule has 41 heavy (non-hydrogen) atoms. The first-order valence-corrected chi connectivity index (χ1v) is 15.8. The molecule has 6 rings (SSSR count). The van der Waals surface area contributed by atoms with Crippen LogP contribution in [0.25, 0.3) is 22.3 Å². The van der Waals surface area contributed by atoms with Crippen molar-refractivity contribution in [1.82, 2.24) is 39.0 Å². The van der Waals surface area contributed by atoms with Gasteiger partial charge in [-0.25, -0.2) is 19.9 Å². The molecule has 222 valence electrons. The molecule has 0 spiro atoms. The molecular formula is C20H29N11O8P2. The summed E-state index contributed by atoms with van der Waals surface area (Å²) in [5, 5.41) is 0. The van der Waals surface area contributed by atoms with Crippen molar-refractivity contribution < 1.29 is 38.2 Å². The van der Waals surface area contributed by atoms with Gasteiger partial charge in [-0.3, -0.25) is 9.13 Å². The highest BCUT2D eigenvalue weighted by Crippen LogP contribution is 2.47. The second-order valence-electron chi connectivity index (χ2n) is 10.1. The predicted molar refractivity (Wildman–Crippen MR) is 144 cm³/mol. The maximum atomic E-state index is 10.9. The Morgan fingerprint density at radius 1 is 0.732 bits per heavy atom. The number of nitrogen functional groups attached to an aromatic ring is 3. The summed E-state index contributed by atoms with van der Waals surface area (Å²) < 4.78 is 36.0. The predicted octanol–water partition coefficient (Wildman–Crippen LogP) is -0.232. The first kappa shape index (κ1) is 29.2. The number of fused-ring (bicyclic) bond motifs is 2. The van der Waals surface area contributed by atoms with Gasteiger partial charge >= 0.3 is 15.2 Å². The Labute approximate surface area is 231 Å². The largest absolute Gasteiger partial charge is 0.382 e. The van der Waals surface area contributed by atoms with Crippen LogP contribution in [0.2, 0.25) is 0 Å². The molecular weight excluding hydrogens is 584 g/mol. The number of ether oxygens (including phenoxy) is 2. The molecule has 21 heteroatoms. The second kappa shape index (κ2) is 10.5. The summed E-state index contributed by atoms with van der Waals surface area (Å²) in [5.41, 5.74) is 17.9. The highest BCUT2D eigenvalue weighted by atomic mass is 31.2. The molecule has 0 aliphatic heterocycles. The molecule has 19 nitrogen and oxygen atoms in total. The Hall–Kier alpha value is -3.28. The van der Waals surface area contributed by atoms with Gasteiger partial charge in [-0.2, -0.15) is 9.97 Å². The molecule has 0 saturated heterocycles. The van der Waals surface area contributed by atoms with Crippen LogP contribution < -0.4 is 17.2 Å². The van der Waals surface area contributed by atoms with Gasteiger partial charge < -0.3 is 55.4 Å². The van der Waals surface area contributed by atoms with Gasteiger partial charge in [0.15, 0.2) is 22.9 Å². The van der Waals surface area contributed by atoms with Crippen molar-refractivity contribution in [2.24, 2.45) is 0 Å². The minimum atomic E-state index is -4.19. The van der Waals surface area contributed by atoms with E-state index in [0.717, 1.165) is 12.8 Å². The fourth-order valence-electron chi connectivity index (χ4n) is 4.15. The number of hydrogen-bond donors (Lipinski definition) is 7. The third kappa shape index (κ3) is 7.14. The van der Waals surface area contributed by atoms with Crippen molar-refractivity contribution in [1.29, 1.82) is 0 Å². The van der Waals surface area contributed by atoms with Crippen LogP contribution in [0, 0.1) is 0 Å². The Bertz CT molecular complexity index is 1670. The Kier molecular flexibility index (Phi) is 7.50. The van der Waals surface area contributed by atoms with Gasteiger partial charge in [-0.15, -0.1) is 0 Å². The van der Waals surface area contributed by atoms with Crippen LogP contribution in [0.4, 0.5) is 17.6 Å². The van der Waals surface area contributed by atoms with E-state index in [0.29, 0.717) is 54.1 Å². The molecule has 0 atom stereocenters. The van der Waals surface area contributed by atoms with Gasteiger partial charge in [-0.05, 0) is 25.7 Å². The summed E-state index contributed by atoms with van der Waals surface area (Å²) in [5.74, 6) is 0.537. The summed E-state index contributed by atoms with van der Waals surface area (Å²) >= 11 is 0. The molecule has 0 unspecified atom stereocenters. The maximum Gasteiger partial charge on any atom is 0.351 e. The quantitative estimate of drug-likeness (QED) is 0.114. The average molecular weight is 613 g/mol. The zero-order valence-corrected chi connectivity index (χ0v) is 23.3. The summed E-state index contributed by atoms with van der Waals surface area (Å²) in [4.78, 5) is 59.7. The molecule has 2 aliphatic carbocycles. The number of nitrogens with two attached hydrogens (primary N) is 3. The van der Waals surface area contributed by atoms with E-state index in [-0.39, 0.29) is 11.8 Å². The van der Waals surface area contributed by atoms with Crippen molar-refractivity contribution in [2.75, 3.05) is 29.9 Å². The highest BCUT2D eigenvalue weighted by Gasteiger charge is 2.47. The van der Waals surface area contributed by atoms with Crippen molar-refractivity contribution in [3.8, 4) is 0 Å². The van der Waals surface area contributed by atoms with Gasteiger partial charge in [0, 0.05) is 0 Å². The van der Waals surface area contributed by atoms with E-state index in [1.54, 1.807) is 15.5 Å². The number of anilines is 3. The molecule has 0 aromatic carbocycles. The van der Waals surface area contributed by atoms with E-state index in [4.69, 9.17) is 46.2 Å². The third-order valence-electron chi connectivity index (χ3n) is 6.55. The Morgan fingerprint density at radius 3 is 1.71 bits per heavy atom. The first-order valence-electron chi connectivity index (χ1n) is 12.2. The number of nitrogens with zero attached hydrogens (tertiary/aromatic N) is 8. The van der Waals surface area contributed by atoms with Crippen LogP contribution in [-0.4, -0.2) is 82.5 Å². The van der Waals surface area contributed by atoms with E-state index in [9.17, 15) is 9.13 Å². The molecule has 2 saturated carbocycles. The maximum absolute atomic E-state index is 10.9. The van der Waals surface area contributed by atoms with Gasteiger partial charge in [0.05, 0.1) is 36.9 Å². The van der Waals surface area contributed by atoms with Gasteiger partial charge in [0.25, 0.3) is 0 Å². The molecule has 0 bridgehead atoms. The smallest absolute Gasteiger partial charge is 0.351 e.